The summed E-state index contributed by atoms with van der Waals surface area (Å²) in [6, 6.07) is 11.2. The van der Waals surface area contributed by atoms with E-state index in [0.29, 0.717) is 42.2 Å². The fraction of sp³-hybridized carbons (Fsp3) is 0.464. The Morgan fingerprint density at radius 1 is 0.946 bits per heavy atom. The Morgan fingerprint density at radius 2 is 1.62 bits per heavy atom. The number of para-hydroxylation sites is 2. The highest BCUT2D eigenvalue weighted by atomic mass is 16.5. The number of imidazole rings is 1. The maximum atomic E-state index is 13.1. The zero-order valence-electron chi connectivity index (χ0n) is 21.9. The van der Waals surface area contributed by atoms with Crippen molar-refractivity contribution < 1.29 is 23.8 Å². The number of amides is 2. The normalized spacial score (nSPS) is 13.8. The van der Waals surface area contributed by atoms with Crippen LogP contribution in [0.1, 0.15) is 48.3 Å². The maximum absolute atomic E-state index is 13.1. The number of fused-ring (bicyclic) bond motifs is 1. The molecule has 198 valence electrons. The summed E-state index contributed by atoms with van der Waals surface area (Å²) in [5, 5.41) is 2.96. The number of benzene rings is 2. The number of ether oxygens (including phenoxy) is 3. The van der Waals surface area contributed by atoms with E-state index in [2.05, 4.69) is 5.32 Å². The summed E-state index contributed by atoms with van der Waals surface area (Å²) in [5.74, 6) is 2.05. The Hall–Kier alpha value is -3.75. The van der Waals surface area contributed by atoms with Crippen LogP contribution in [-0.4, -0.2) is 67.2 Å². The number of likely N-dealkylation sites (tertiary alicyclic amines) is 1. The molecule has 1 aromatic heterocycles. The molecule has 0 bridgehead atoms. The minimum Gasteiger partial charge on any atom is -0.493 e. The molecule has 9 heteroatoms. The van der Waals surface area contributed by atoms with Gasteiger partial charge in [-0.25, -0.2) is 4.98 Å². The smallest absolute Gasteiger partial charge is 0.251 e. The number of hydrogen-bond donors (Lipinski definition) is 1. The molecule has 0 radical (unpaired) electrons. The van der Waals surface area contributed by atoms with E-state index in [1.54, 1.807) is 12.1 Å². The summed E-state index contributed by atoms with van der Waals surface area (Å²) in [6.45, 7) is 2.40. The number of nitrogens with one attached hydrogen (secondary N) is 1. The molecule has 9 nitrogen and oxygen atoms in total. The van der Waals surface area contributed by atoms with Crippen molar-refractivity contribution in [3.63, 3.8) is 0 Å². The summed E-state index contributed by atoms with van der Waals surface area (Å²) in [5.41, 5.74) is 2.26. The number of hydrogen-bond acceptors (Lipinski definition) is 6. The molecular formula is C28H36N4O5. The molecular weight excluding hydrogens is 472 g/mol. The van der Waals surface area contributed by atoms with Gasteiger partial charge in [0.15, 0.2) is 11.5 Å². The number of nitrogens with zero attached hydrogens (tertiary/aromatic N) is 3. The van der Waals surface area contributed by atoms with E-state index in [0.717, 1.165) is 42.8 Å². The summed E-state index contributed by atoms with van der Waals surface area (Å²) in [6.07, 6.45) is 5.81. The summed E-state index contributed by atoms with van der Waals surface area (Å²) in [4.78, 5) is 32.7. The summed E-state index contributed by atoms with van der Waals surface area (Å²) < 4.78 is 18.1. The number of methoxy groups -OCH3 is 3. The lowest BCUT2D eigenvalue weighted by atomic mass is 10.1. The highest BCUT2D eigenvalue weighted by molar-refractivity contribution is 5.95. The molecule has 3 aromatic rings. The van der Waals surface area contributed by atoms with Gasteiger partial charge in [0.25, 0.3) is 5.91 Å². The van der Waals surface area contributed by atoms with Gasteiger partial charge in [0.1, 0.15) is 12.4 Å². The Bertz CT molecular complexity index is 1210. The van der Waals surface area contributed by atoms with Crippen LogP contribution in [0.4, 0.5) is 0 Å². The van der Waals surface area contributed by atoms with Gasteiger partial charge in [0.2, 0.25) is 11.7 Å². The van der Waals surface area contributed by atoms with Crippen LogP contribution in [0.15, 0.2) is 36.4 Å². The van der Waals surface area contributed by atoms with E-state index in [-0.39, 0.29) is 18.4 Å². The van der Waals surface area contributed by atoms with E-state index in [1.165, 1.54) is 34.2 Å². The van der Waals surface area contributed by atoms with Gasteiger partial charge in [-0.1, -0.05) is 25.0 Å². The molecule has 0 aliphatic carbocycles. The van der Waals surface area contributed by atoms with Crippen LogP contribution in [0.5, 0.6) is 17.2 Å². The predicted molar refractivity (Wildman–Crippen MR) is 142 cm³/mol. The lowest BCUT2D eigenvalue weighted by Crippen LogP contribution is -2.35. The van der Waals surface area contributed by atoms with Crippen LogP contribution in [0, 0.1) is 0 Å². The Labute approximate surface area is 217 Å². The molecule has 0 unspecified atom stereocenters. The van der Waals surface area contributed by atoms with Crippen molar-refractivity contribution in [2.24, 2.45) is 0 Å². The first-order valence-corrected chi connectivity index (χ1v) is 12.9. The molecule has 2 amide bonds. The van der Waals surface area contributed by atoms with Crippen LogP contribution in [-0.2, 0) is 17.8 Å². The molecule has 1 fully saturated rings. The molecule has 0 saturated carbocycles. The van der Waals surface area contributed by atoms with Crippen LogP contribution in [0.3, 0.4) is 0 Å². The number of aromatic nitrogens is 2. The third-order valence-corrected chi connectivity index (χ3v) is 6.78. The third kappa shape index (κ3) is 6.15. The minimum atomic E-state index is -0.232. The summed E-state index contributed by atoms with van der Waals surface area (Å²) >= 11 is 0. The van der Waals surface area contributed by atoms with Crippen molar-refractivity contribution in [1.29, 1.82) is 0 Å². The van der Waals surface area contributed by atoms with Gasteiger partial charge < -0.3 is 29.0 Å². The number of aryl methyl sites for hydroxylation is 1. The number of carbonyl (C=O) groups excluding carboxylic acids is 2. The van der Waals surface area contributed by atoms with Gasteiger partial charge in [-0.05, 0) is 43.5 Å². The minimum absolute atomic E-state index is 0.141. The zero-order chi connectivity index (χ0) is 26.2. The lowest BCUT2D eigenvalue weighted by Gasteiger charge is -2.21. The molecule has 37 heavy (non-hydrogen) atoms. The predicted octanol–water partition coefficient (Wildman–Crippen LogP) is 3.83. The van der Waals surface area contributed by atoms with Gasteiger partial charge in [-0.2, -0.15) is 0 Å². The SMILES string of the molecule is COc1cc(C(=O)NCCCc2nc3ccccc3n2CC(=O)N2CCCCCC2)cc(OC)c1OC. The van der Waals surface area contributed by atoms with Gasteiger partial charge >= 0.3 is 0 Å². The molecule has 1 saturated heterocycles. The van der Waals surface area contributed by atoms with E-state index >= 15 is 0 Å². The van der Waals surface area contributed by atoms with Gasteiger partial charge in [-0.15, -0.1) is 0 Å². The van der Waals surface area contributed by atoms with Crippen LogP contribution in [0.25, 0.3) is 11.0 Å². The van der Waals surface area contributed by atoms with Crippen molar-refractivity contribution in [2.45, 2.75) is 45.1 Å². The van der Waals surface area contributed by atoms with E-state index in [9.17, 15) is 9.59 Å². The molecule has 0 spiro atoms. The second-order valence-electron chi connectivity index (χ2n) is 9.17. The average molecular weight is 509 g/mol. The molecule has 1 aliphatic rings. The quantitative estimate of drug-likeness (QED) is 0.419. The van der Waals surface area contributed by atoms with Crippen molar-refractivity contribution in [1.82, 2.24) is 19.8 Å². The Morgan fingerprint density at radius 3 is 2.27 bits per heavy atom. The molecule has 2 heterocycles. The number of carbonyl (C=O) groups is 2. The van der Waals surface area contributed by atoms with Gasteiger partial charge in [0, 0.05) is 31.6 Å². The van der Waals surface area contributed by atoms with E-state index in [4.69, 9.17) is 19.2 Å². The highest BCUT2D eigenvalue weighted by Gasteiger charge is 2.20. The Kier molecular flexibility index (Phi) is 8.87. The molecule has 2 aromatic carbocycles. The van der Waals surface area contributed by atoms with Crippen LogP contribution in [0.2, 0.25) is 0 Å². The molecule has 0 atom stereocenters. The topological polar surface area (TPSA) is 94.9 Å². The first-order valence-electron chi connectivity index (χ1n) is 12.9. The standard InChI is InChI=1S/C28H36N4O5/c1-35-23-17-20(18-24(36-2)27(23)37-3)28(34)29-14-10-13-25-30-21-11-6-7-12-22(21)32(25)19-26(33)31-15-8-4-5-9-16-31/h6-7,11-12,17-18H,4-5,8-10,13-16,19H2,1-3H3,(H,29,34). The fourth-order valence-corrected chi connectivity index (χ4v) is 4.81. The molecule has 1 N–H and O–H groups in total. The first kappa shape index (κ1) is 26.3. The molecule has 4 rings (SSSR count). The second kappa shape index (κ2) is 12.5. The fourth-order valence-electron chi connectivity index (χ4n) is 4.81. The van der Waals surface area contributed by atoms with Crippen LogP contribution < -0.4 is 19.5 Å². The van der Waals surface area contributed by atoms with E-state index < -0.39 is 0 Å². The lowest BCUT2D eigenvalue weighted by molar-refractivity contribution is -0.131. The second-order valence-corrected chi connectivity index (χ2v) is 9.17. The third-order valence-electron chi connectivity index (χ3n) is 6.78. The summed E-state index contributed by atoms with van der Waals surface area (Å²) in [7, 11) is 4.56. The van der Waals surface area contributed by atoms with Crippen molar-refractivity contribution in [3.8, 4) is 17.2 Å². The highest BCUT2D eigenvalue weighted by Crippen LogP contribution is 2.38. The Balaban J connectivity index is 1.41. The van der Waals surface area contributed by atoms with Crippen LogP contribution >= 0.6 is 0 Å². The molecule has 1 aliphatic heterocycles. The average Bonchev–Trinajstić information content (AvgIpc) is 3.08. The van der Waals surface area contributed by atoms with E-state index in [1.807, 2.05) is 33.7 Å². The number of rotatable bonds is 10. The monoisotopic (exact) mass is 508 g/mol. The first-order chi connectivity index (χ1) is 18.0. The zero-order valence-corrected chi connectivity index (χ0v) is 21.9. The maximum Gasteiger partial charge on any atom is 0.251 e. The largest absolute Gasteiger partial charge is 0.493 e. The van der Waals surface area contributed by atoms with Crippen molar-refractivity contribution in [3.05, 3.63) is 47.8 Å². The van der Waals surface area contributed by atoms with Gasteiger partial charge in [0.05, 0.1) is 32.4 Å². The van der Waals surface area contributed by atoms with Crippen molar-refractivity contribution >= 4 is 22.8 Å². The van der Waals surface area contributed by atoms with Crippen molar-refractivity contribution in [2.75, 3.05) is 41.0 Å². The van der Waals surface area contributed by atoms with Gasteiger partial charge in [-0.3, -0.25) is 9.59 Å².